The van der Waals surface area contributed by atoms with Crippen LogP contribution in [-0.4, -0.2) is 66.8 Å². The lowest BCUT2D eigenvalue weighted by Gasteiger charge is -2.32. The highest BCUT2D eigenvalue weighted by Crippen LogP contribution is 2.22. The fourth-order valence-corrected chi connectivity index (χ4v) is 4.19. The number of hydrogen-bond donors (Lipinski definition) is 1. The lowest BCUT2D eigenvalue weighted by Crippen LogP contribution is -2.49. The third-order valence-corrected chi connectivity index (χ3v) is 5.88. The minimum absolute atomic E-state index is 0.0597. The van der Waals surface area contributed by atoms with Crippen LogP contribution in [0.4, 0.5) is 0 Å². The van der Waals surface area contributed by atoms with Gasteiger partial charge in [-0.1, -0.05) is 29.8 Å². The molecule has 2 aliphatic rings. The predicted octanol–water partition coefficient (Wildman–Crippen LogP) is 2.69. The molecule has 146 valence electrons. The summed E-state index contributed by atoms with van der Waals surface area (Å²) in [6.45, 7) is 5.52. The standard InChI is InChI=1S/C22H24ClN3O2/c23-17-7-5-16(6-8-17)21(27)19-3-1-2-4-20(19)22(28)26-12-9-18(15-26)25-13-10-24-11-14-25/h1-8,18,24H,9-15H2. The molecule has 5 nitrogen and oxygen atoms in total. The second-order valence-corrected chi connectivity index (χ2v) is 7.80. The average Bonchev–Trinajstić information content (AvgIpc) is 3.24. The Morgan fingerprint density at radius 1 is 0.929 bits per heavy atom. The fraction of sp³-hybridized carbons (Fsp3) is 0.364. The zero-order valence-electron chi connectivity index (χ0n) is 15.7. The molecule has 0 radical (unpaired) electrons. The van der Waals surface area contributed by atoms with E-state index in [1.807, 2.05) is 11.0 Å². The van der Waals surface area contributed by atoms with Crippen molar-refractivity contribution in [3.05, 3.63) is 70.2 Å². The van der Waals surface area contributed by atoms with Gasteiger partial charge in [0.05, 0.1) is 5.56 Å². The van der Waals surface area contributed by atoms with Gasteiger partial charge in [-0.15, -0.1) is 0 Å². The van der Waals surface area contributed by atoms with Crippen LogP contribution in [0, 0.1) is 0 Å². The van der Waals surface area contributed by atoms with Gasteiger partial charge in [0.15, 0.2) is 5.78 Å². The maximum absolute atomic E-state index is 13.2. The van der Waals surface area contributed by atoms with Crippen LogP contribution in [-0.2, 0) is 0 Å². The molecule has 2 aromatic carbocycles. The van der Waals surface area contributed by atoms with E-state index in [1.54, 1.807) is 42.5 Å². The highest BCUT2D eigenvalue weighted by molar-refractivity contribution is 6.30. The van der Waals surface area contributed by atoms with Gasteiger partial charge in [-0.05, 0) is 36.8 Å². The van der Waals surface area contributed by atoms with Crippen molar-refractivity contribution in [2.75, 3.05) is 39.3 Å². The number of hydrogen-bond acceptors (Lipinski definition) is 4. The highest BCUT2D eigenvalue weighted by Gasteiger charge is 2.32. The third-order valence-electron chi connectivity index (χ3n) is 5.63. The molecule has 2 heterocycles. The van der Waals surface area contributed by atoms with Crippen molar-refractivity contribution in [1.82, 2.24) is 15.1 Å². The molecule has 2 fully saturated rings. The maximum Gasteiger partial charge on any atom is 0.254 e. The monoisotopic (exact) mass is 397 g/mol. The van der Waals surface area contributed by atoms with Crippen molar-refractivity contribution in [3.8, 4) is 0 Å². The van der Waals surface area contributed by atoms with Gasteiger partial charge in [0.25, 0.3) is 5.91 Å². The number of carbonyl (C=O) groups is 2. The molecule has 1 amide bonds. The number of ketones is 1. The van der Waals surface area contributed by atoms with Gasteiger partial charge in [-0.25, -0.2) is 0 Å². The largest absolute Gasteiger partial charge is 0.337 e. The first-order valence-corrected chi connectivity index (χ1v) is 10.1. The summed E-state index contributed by atoms with van der Waals surface area (Å²) in [6.07, 6.45) is 0.985. The summed E-state index contributed by atoms with van der Waals surface area (Å²) < 4.78 is 0. The molecule has 4 rings (SSSR count). The van der Waals surface area contributed by atoms with E-state index in [-0.39, 0.29) is 11.7 Å². The molecule has 2 saturated heterocycles. The first kappa shape index (κ1) is 19.1. The number of rotatable bonds is 4. The van der Waals surface area contributed by atoms with Gasteiger partial charge in [-0.2, -0.15) is 0 Å². The van der Waals surface area contributed by atoms with Crippen molar-refractivity contribution in [2.24, 2.45) is 0 Å². The molecule has 0 aliphatic carbocycles. The first-order chi connectivity index (χ1) is 13.6. The van der Waals surface area contributed by atoms with Crippen LogP contribution in [0.15, 0.2) is 48.5 Å². The molecule has 1 atom stereocenters. The number of piperazine rings is 1. The van der Waals surface area contributed by atoms with Crippen LogP contribution in [0.1, 0.15) is 32.7 Å². The molecule has 0 spiro atoms. The first-order valence-electron chi connectivity index (χ1n) is 9.77. The minimum atomic E-state index is -0.154. The van der Waals surface area contributed by atoms with E-state index < -0.39 is 0 Å². The topological polar surface area (TPSA) is 52.7 Å². The van der Waals surface area contributed by atoms with E-state index >= 15 is 0 Å². The Morgan fingerprint density at radius 2 is 1.61 bits per heavy atom. The van der Waals surface area contributed by atoms with Crippen LogP contribution < -0.4 is 5.32 Å². The van der Waals surface area contributed by atoms with Gasteiger partial charge in [-0.3, -0.25) is 14.5 Å². The molecule has 0 aromatic heterocycles. The number of nitrogens with zero attached hydrogens (tertiary/aromatic N) is 2. The van der Waals surface area contributed by atoms with Gasteiger partial charge in [0, 0.05) is 61.5 Å². The van der Waals surface area contributed by atoms with Gasteiger partial charge < -0.3 is 10.2 Å². The maximum atomic E-state index is 13.2. The van der Waals surface area contributed by atoms with Crippen molar-refractivity contribution >= 4 is 23.3 Å². The molecular weight excluding hydrogens is 374 g/mol. The smallest absolute Gasteiger partial charge is 0.254 e. The Bertz CT molecular complexity index is 862. The Hall–Kier alpha value is -2.21. The van der Waals surface area contributed by atoms with Crippen LogP contribution in [0.25, 0.3) is 0 Å². The minimum Gasteiger partial charge on any atom is -0.337 e. The van der Waals surface area contributed by atoms with E-state index in [9.17, 15) is 9.59 Å². The number of halogens is 1. The Labute approximate surface area is 170 Å². The zero-order valence-corrected chi connectivity index (χ0v) is 16.5. The van der Waals surface area contributed by atoms with Crippen LogP contribution >= 0.6 is 11.6 Å². The Morgan fingerprint density at radius 3 is 2.32 bits per heavy atom. The number of likely N-dealkylation sites (tertiary alicyclic amines) is 1. The van der Waals surface area contributed by atoms with E-state index in [0.29, 0.717) is 27.8 Å². The number of carbonyl (C=O) groups excluding carboxylic acids is 2. The third kappa shape index (κ3) is 3.97. The molecular formula is C22H24ClN3O2. The quantitative estimate of drug-likeness (QED) is 0.806. The fourth-order valence-electron chi connectivity index (χ4n) is 4.07. The summed E-state index contributed by atoms with van der Waals surface area (Å²) in [7, 11) is 0. The number of benzene rings is 2. The zero-order chi connectivity index (χ0) is 19.5. The van der Waals surface area contributed by atoms with Gasteiger partial charge in [0.1, 0.15) is 0 Å². The molecule has 28 heavy (non-hydrogen) atoms. The van der Waals surface area contributed by atoms with E-state index in [0.717, 1.165) is 45.7 Å². The summed E-state index contributed by atoms with van der Waals surface area (Å²) in [4.78, 5) is 30.5. The molecule has 1 N–H and O–H groups in total. The lowest BCUT2D eigenvalue weighted by molar-refractivity contribution is 0.0769. The SMILES string of the molecule is O=C(c1ccc(Cl)cc1)c1ccccc1C(=O)N1CCC(N2CCNCC2)C1. The summed E-state index contributed by atoms with van der Waals surface area (Å²) in [5.74, 6) is -0.214. The number of amides is 1. The highest BCUT2D eigenvalue weighted by atomic mass is 35.5. The van der Waals surface area contributed by atoms with Crippen LogP contribution in [0.3, 0.4) is 0 Å². The predicted molar refractivity (Wildman–Crippen MR) is 110 cm³/mol. The van der Waals surface area contributed by atoms with Crippen LogP contribution in [0.2, 0.25) is 5.02 Å². The molecule has 0 bridgehead atoms. The second-order valence-electron chi connectivity index (χ2n) is 7.36. The average molecular weight is 398 g/mol. The van der Waals surface area contributed by atoms with E-state index in [2.05, 4.69) is 10.2 Å². The van der Waals surface area contributed by atoms with Crippen molar-refractivity contribution in [1.29, 1.82) is 0 Å². The molecule has 0 saturated carbocycles. The van der Waals surface area contributed by atoms with E-state index in [4.69, 9.17) is 11.6 Å². The summed E-state index contributed by atoms with van der Waals surface area (Å²) in [5.41, 5.74) is 1.45. The van der Waals surface area contributed by atoms with Gasteiger partial charge >= 0.3 is 0 Å². The van der Waals surface area contributed by atoms with Crippen molar-refractivity contribution in [2.45, 2.75) is 12.5 Å². The van der Waals surface area contributed by atoms with Crippen molar-refractivity contribution < 1.29 is 9.59 Å². The Kier molecular flexibility index (Phi) is 5.76. The normalized spacial score (nSPS) is 20.3. The number of nitrogens with one attached hydrogen (secondary N) is 1. The van der Waals surface area contributed by atoms with E-state index in [1.165, 1.54) is 0 Å². The summed E-state index contributed by atoms with van der Waals surface area (Å²) in [6, 6.07) is 14.3. The molecule has 2 aromatic rings. The molecule has 2 aliphatic heterocycles. The van der Waals surface area contributed by atoms with Gasteiger partial charge in [0.2, 0.25) is 0 Å². The molecule has 6 heteroatoms. The van der Waals surface area contributed by atoms with Crippen molar-refractivity contribution in [3.63, 3.8) is 0 Å². The van der Waals surface area contributed by atoms with Crippen LogP contribution in [0.5, 0.6) is 0 Å². The summed E-state index contributed by atoms with van der Waals surface area (Å²) in [5, 5.41) is 3.95. The molecule has 1 unspecified atom stereocenters. The second kappa shape index (κ2) is 8.43. The summed E-state index contributed by atoms with van der Waals surface area (Å²) >= 11 is 5.93. The Balaban J connectivity index is 1.52. The lowest BCUT2D eigenvalue weighted by atomic mass is 9.97.